The molecule has 0 saturated heterocycles. The molecule has 1 atom stereocenters. The predicted octanol–water partition coefficient (Wildman–Crippen LogP) is 3.12. The molecule has 1 aliphatic rings. The molecule has 1 aliphatic heterocycles. The minimum Gasteiger partial charge on any atom is -0.480 e. The Morgan fingerprint density at radius 1 is 1.20 bits per heavy atom. The minimum atomic E-state index is -2.60. The normalized spacial score (nSPS) is 17.4. The van der Waals surface area contributed by atoms with Crippen LogP contribution in [0.15, 0.2) is 48.7 Å². The van der Waals surface area contributed by atoms with Gasteiger partial charge in [0.25, 0.3) is 6.43 Å². The maximum Gasteiger partial charge on any atom is 0.278 e. The van der Waals surface area contributed by atoms with Crippen molar-refractivity contribution in [3.8, 4) is 5.75 Å². The molecule has 0 bridgehead atoms. The third kappa shape index (κ3) is 2.22. The van der Waals surface area contributed by atoms with Gasteiger partial charge in [0.1, 0.15) is 5.75 Å². The van der Waals surface area contributed by atoms with Crippen LogP contribution in [0.2, 0.25) is 0 Å². The standard InChI is InChI=1S/C15H12F2N2O/c16-15(17)14-8-10(12-3-1-2-6-19-12)11-7-9(18)4-5-13(11)20-14/h1-8,14-15H,18H2. The highest BCUT2D eigenvalue weighted by molar-refractivity contribution is 5.84. The molecule has 2 aromatic rings. The van der Waals surface area contributed by atoms with E-state index < -0.39 is 12.5 Å². The van der Waals surface area contributed by atoms with Gasteiger partial charge in [-0.25, -0.2) is 8.78 Å². The maximum absolute atomic E-state index is 13.0. The van der Waals surface area contributed by atoms with Gasteiger partial charge in [-0.3, -0.25) is 4.98 Å². The van der Waals surface area contributed by atoms with E-state index in [4.69, 9.17) is 10.5 Å². The van der Waals surface area contributed by atoms with Crippen LogP contribution in [-0.2, 0) is 0 Å². The molecule has 3 nitrogen and oxygen atoms in total. The molecule has 3 rings (SSSR count). The van der Waals surface area contributed by atoms with Crippen molar-refractivity contribution >= 4 is 11.3 Å². The zero-order chi connectivity index (χ0) is 14.1. The van der Waals surface area contributed by atoms with E-state index in [0.717, 1.165) is 0 Å². The first-order valence-electron chi connectivity index (χ1n) is 6.13. The number of nitrogens with zero attached hydrogens (tertiary/aromatic N) is 1. The Balaban J connectivity index is 2.15. The van der Waals surface area contributed by atoms with Gasteiger partial charge in [0.2, 0.25) is 0 Å². The van der Waals surface area contributed by atoms with Crippen LogP contribution >= 0.6 is 0 Å². The van der Waals surface area contributed by atoms with Crippen molar-refractivity contribution in [2.75, 3.05) is 5.73 Å². The van der Waals surface area contributed by atoms with Gasteiger partial charge in [-0.05, 0) is 36.4 Å². The van der Waals surface area contributed by atoms with Crippen LogP contribution in [0.25, 0.3) is 5.57 Å². The number of anilines is 1. The Morgan fingerprint density at radius 3 is 2.75 bits per heavy atom. The molecule has 0 fully saturated rings. The second-order valence-corrected chi connectivity index (χ2v) is 4.47. The highest BCUT2D eigenvalue weighted by Gasteiger charge is 2.28. The van der Waals surface area contributed by atoms with Crippen LogP contribution in [0.3, 0.4) is 0 Å². The molecule has 20 heavy (non-hydrogen) atoms. The van der Waals surface area contributed by atoms with Gasteiger partial charge in [-0.15, -0.1) is 0 Å². The molecule has 5 heteroatoms. The number of pyridine rings is 1. The van der Waals surface area contributed by atoms with Crippen molar-refractivity contribution in [2.45, 2.75) is 12.5 Å². The monoisotopic (exact) mass is 274 g/mol. The molecule has 0 aliphatic carbocycles. The smallest absolute Gasteiger partial charge is 0.278 e. The van der Waals surface area contributed by atoms with Crippen molar-refractivity contribution in [1.29, 1.82) is 0 Å². The highest BCUT2D eigenvalue weighted by atomic mass is 19.3. The van der Waals surface area contributed by atoms with Crippen molar-refractivity contribution in [3.05, 3.63) is 59.9 Å². The summed E-state index contributed by atoms with van der Waals surface area (Å²) in [5, 5.41) is 0. The first kappa shape index (κ1) is 12.6. The fraction of sp³-hybridized carbons (Fsp3) is 0.133. The molecule has 1 aromatic carbocycles. The quantitative estimate of drug-likeness (QED) is 0.856. The number of hydrogen-bond acceptors (Lipinski definition) is 3. The first-order valence-corrected chi connectivity index (χ1v) is 6.13. The number of aromatic nitrogens is 1. The molecule has 0 radical (unpaired) electrons. The molecular weight excluding hydrogens is 262 g/mol. The van der Waals surface area contributed by atoms with Crippen LogP contribution in [0, 0.1) is 0 Å². The van der Waals surface area contributed by atoms with E-state index in [2.05, 4.69) is 4.98 Å². The molecular formula is C15H12F2N2O. The summed E-state index contributed by atoms with van der Waals surface area (Å²) in [5.41, 5.74) is 8.23. The van der Waals surface area contributed by atoms with Gasteiger partial charge in [-0.2, -0.15) is 0 Å². The third-order valence-corrected chi connectivity index (χ3v) is 3.08. The van der Waals surface area contributed by atoms with Crippen molar-refractivity contribution < 1.29 is 13.5 Å². The lowest BCUT2D eigenvalue weighted by molar-refractivity contribution is 0.0373. The average Bonchev–Trinajstić information content (AvgIpc) is 2.47. The Morgan fingerprint density at radius 2 is 2.05 bits per heavy atom. The summed E-state index contributed by atoms with van der Waals surface area (Å²) in [6, 6.07) is 10.3. The Labute approximate surface area is 114 Å². The average molecular weight is 274 g/mol. The molecule has 0 amide bonds. The number of ether oxygens (including phenoxy) is 1. The van der Waals surface area contributed by atoms with E-state index in [1.165, 1.54) is 6.08 Å². The molecule has 2 heterocycles. The number of fused-ring (bicyclic) bond motifs is 1. The van der Waals surface area contributed by atoms with Crippen molar-refractivity contribution in [3.63, 3.8) is 0 Å². The Bertz CT molecular complexity index is 656. The number of alkyl halides is 2. The van der Waals surface area contributed by atoms with E-state index in [0.29, 0.717) is 28.3 Å². The third-order valence-electron chi connectivity index (χ3n) is 3.08. The lowest BCUT2D eigenvalue weighted by Gasteiger charge is -2.25. The number of nitrogens with two attached hydrogens (primary N) is 1. The lowest BCUT2D eigenvalue weighted by Crippen LogP contribution is -2.26. The zero-order valence-corrected chi connectivity index (χ0v) is 10.5. The summed E-state index contributed by atoms with van der Waals surface area (Å²) >= 11 is 0. The first-order chi connectivity index (χ1) is 9.65. The molecule has 1 unspecified atom stereocenters. The summed E-state index contributed by atoms with van der Waals surface area (Å²) < 4.78 is 31.2. The van der Waals surface area contributed by atoms with E-state index in [9.17, 15) is 8.78 Å². The summed E-state index contributed by atoms with van der Waals surface area (Å²) in [7, 11) is 0. The van der Waals surface area contributed by atoms with Gasteiger partial charge >= 0.3 is 0 Å². The largest absolute Gasteiger partial charge is 0.480 e. The maximum atomic E-state index is 13.0. The van der Waals surface area contributed by atoms with Crippen LogP contribution in [0.5, 0.6) is 5.75 Å². The van der Waals surface area contributed by atoms with Gasteiger partial charge in [0, 0.05) is 23.0 Å². The Kier molecular flexibility index (Phi) is 3.10. The van der Waals surface area contributed by atoms with Crippen LogP contribution in [0.1, 0.15) is 11.3 Å². The topological polar surface area (TPSA) is 48.1 Å². The fourth-order valence-electron chi connectivity index (χ4n) is 2.17. The second kappa shape index (κ2) is 4.92. The molecule has 0 spiro atoms. The minimum absolute atomic E-state index is 0.396. The zero-order valence-electron chi connectivity index (χ0n) is 10.5. The van der Waals surface area contributed by atoms with Crippen LogP contribution < -0.4 is 10.5 Å². The SMILES string of the molecule is Nc1ccc2c(c1)C(c1ccccn1)=CC(C(F)F)O2. The number of rotatable bonds is 2. The van der Waals surface area contributed by atoms with Crippen molar-refractivity contribution in [2.24, 2.45) is 0 Å². The molecule has 0 saturated carbocycles. The number of benzene rings is 1. The van der Waals surface area contributed by atoms with Crippen LogP contribution in [0.4, 0.5) is 14.5 Å². The van der Waals surface area contributed by atoms with Gasteiger partial charge in [0.15, 0.2) is 6.10 Å². The van der Waals surface area contributed by atoms with E-state index >= 15 is 0 Å². The van der Waals surface area contributed by atoms with Crippen molar-refractivity contribution in [1.82, 2.24) is 4.98 Å². The summed E-state index contributed by atoms with van der Waals surface area (Å²) in [6.07, 6.45) is -0.855. The van der Waals surface area contributed by atoms with Gasteiger partial charge < -0.3 is 10.5 Å². The van der Waals surface area contributed by atoms with E-state index in [1.807, 2.05) is 6.07 Å². The van der Waals surface area contributed by atoms with Gasteiger partial charge in [-0.1, -0.05) is 6.07 Å². The fourth-order valence-corrected chi connectivity index (χ4v) is 2.17. The number of nitrogen functional groups attached to an aromatic ring is 1. The summed E-state index contributed by atoms with van der Waals surface area (Å²) in [5.74, 6) is 0.396. The lowest BCUT2D eigenvalue weighted by atomic mass is 9.96. The van der Waals surface area contributed by atoms with E-state index in [-0.39, 0.29) is 0 Å². The molecule has 2 N–H and O–H groups in total. The predicted molar refractivity (Wildman–Crippen MR) is 72.6 cm³/mol. The second-order valence-electron chi connectivity index (χ2n) is 4.47. The summed E-state index contributed by atoms with van der Waals surface area (Å²) in [4.78, 5) is 4.22. The summed E-state index contributed by atoms with van der Waals surface area (Å²) in [6.45, 7) is 0. The number of hydrogen-bond donors (Lipinski definition) is 1. The highest BCUT2D eigenvalue weighted by Crippen LogP contribution is 2.37. The Hall–Kier alpha value is -2.43. The molecule has 1 aromatic heterocycles. The van der Waals surface area contributed by atoms with Gasteiger partial charge in [0.05, 0.1) is 5.69 Å². The van der Waals surface area contributed by atoms with Crippen LogP contribution in [-0.4, -0.2) is 17.5 Å². The molecule has 102 valence electrons. The van der Waals surface area contributed by atoms with E-state index in [1.54, 1.807) is 36.5 Å². The number of halogens is 2.